The second-order valence-corrected chi connectivity index (χ2v) is 10.0. The van der Waals surface area contributed by atoms with Crippen LogP contribution in [-0.4, -0.2) is 47.8 Å². The first-order valence-electron chi connectivity index (χ1n) is 13.7. The molecule has 5 rings (SSSR count). The fourth-order valence-corrected chi connectivity index (χ4v) is 5.35. The molecule has 0 spiro atoms. The van der Waals surface area contributed by atoms with E-state index in [0.29, 0.717) is 45.4 Å². The first-order valence-corrected chi connectivity index (χ1v) is 13.7. The number of unbranched alkanes of at least 4 members (excludes halogenated alkanes) is 2. The second-order valence-electron chi connectivity index (χ2n) is 10.0. The minimum absolute atomic E-state index is 0.132. The number of fused-ring (bicyclic) bond motifs is 1. The molecule has 196 valence electrons. The minimum Gasteiger partial charge on any atom is -0.456 e. The smallest absolute Gasteiger partial charge is 0.261 e. The molecule has 6 nitrogen and oxygen atoms in total. The lowest BCUT2D eigenvalue weighted by Gasteiger charge is -2.29. The SMILES string of the molecule is CCCCN(CCCC)CCCN1C(=O)c2cccc3c(-c4cc(=O)c5ccccc5o4)ccc(c23)C1=O. The van der Waals surface area contributed by atoms with Gasteiger partial charge in [0.2, 0.25) is 0 Å². The molecule has 0 radical (unpaired) electrons. The van der Waals surface area contributed by atoms with Crippen LogP contribution in [0.15, 0.2) is 69.9 Å². The van der Waals surface area contributed by atoms with Crippen LogP contribution in [0.4, 0.5) is 0 Å². The second kappa shape index (κ2) is 11.3. The van der Waals surface area contributed by atoms with Gasteiger partial charge in [-0.3, -0.25) is 19.3 Å². The molecule has 1 aromatic heterocycles. The first kappa shape index (κ1) is 25.9. The predicted molar refractivity (Wildman–Crippen MR) is 152 cm³/mol. The largest absolute Gasteiger partial charge is 0.456 e. The topological polar surface area (TPSA) is 70.8 Å². The van der Waals surface area contributed by atoms with E-state index in [1.807, 2.05) is 24.3 Å². The average Bonchev–Trinajstić information content (AvgIpc) is 2.94. The molecule has 2 heterocycles. The van der Waals surface area contributed by atoms with E-state index in [1.54, 1.807) is 30.3 Å². The lowest BCUT2D eigenvalue weighted by molar-refractivity contribution is 0.0603. The summed E-state index contributed by atoms with van der Waals surface area (Å²) in [5.41, 5.74) is 2.07. The first-order chi connectivity index (χ1) is 18.5. The van der Waals surface area contributed by atoms with Gasteiger partial charge in [0, 0.05) is 34.7 Å². The number of nitrogens with zero attached hydrogens (tertiary/aromatic N) is 2. The van der Waals surface area contributed by atoms with Crippen molar-refractivity contribution in [3.8, 4) is 11.3 Å². The fraction of sp³-hybridized carbons (Fsp3) is 0.344. The van der Waals surface area contributed by atoms with E-state index < -0.39 is 0 Å². The third-order valence-corrected chi connectivity index (χ3v) is 7.40. The van der Waals surface area contributed by atoms with E-state index in [1.165, 1.54) is 11.0 Å². The Balaban J connectivity index is 1.44. The molecule has 3 aromatic carbocycles. The van der Waals surface area contributed by atoms with Crippen LogP contribution in [0.3, 0.4) is 0 Å². The maximum Gasteiger partial charge on any atom is 0.261 e. The zero-order chi connectivity index (χ0) is 26.6. The van der Waals surface area contributed by atoms with Crippen LogP contribution < -0.4 is 5.43 Å². The highest BCUT2D eigenvalue weighted by Crippen LogP contribution is 2.36. The number of hydrogen-bond donors (Lipinski definition) is 0. The molecule has 0 saturated heterocycles. The third-order valence-electron chi connectivity index (χ3n) is 7.40. The normalized spacial score (nSPS) is 13.3. The standard InChI is InChI=1S/C32H34N2O4/c1-3-5-17-33(18-6-4-2)19-10-20-34-31(36)25-13-9-12-23-22(15-16-26(30(23)25)32(34)37)29-21-27(35)24-11-7-8-14-28(24)38-29/h7-9,11-16,21H,3-6,10,17-20H2,1-2H3. The van der Waals surface area contributed by atoms with E-state index in [-0.39, 0.29) is 17.2 Å². The van der Waals surface area contributed by atoms with Crippen LogP contribution in [0, 0.1) is 0 Å². The van der Waals surface area contributed by atoms with E-state index >= 15 is 0 Å². The van der Waals surface area contributed by atoms with Crippen molar-refractivity contribution >= 4 is 33.6 Å². The molecule has 1 aliphatic rings. The Morgan fingerprint density at radius 1 is 0.711 bits per heavy atom. The van der Waals surface area contributed by atoms with Gasteiger partial charge >= 0.3 is 0 Å². The van der Waals surface area contributed by atoms with Gasteiger partial charge in [0.25, 0.3) is 11.8 Å². The summed E-state index contributed by atoms with van der Waals surface area (Å²) in [7, 11) is 0. The van der Waals surface area contributed by atoms with Gasteiger partial charge in [-0.1, -0.05) is 51.0 Å². The summed E-state index contributed by atoms with van der Waals surface area (Å²) < 4.78 is 6.09. The Kier molecular flexibility index (Phi) is 7.70. The molecule has 1 aliphatic heterocycles. The van der Waals surface area contributed by atoms with Crippen molar-refractivity contribution in [2.24, 2.45) is 0 Å². The fourth-order valence-electron chi connectivity index (χ4n) is 5.35. The lowest BCUT2D eigenvalue weighted by atomic mass is 9.90. The van der Waals surface area contributed by atoms with Crippen LogP contribution in [0.5, 0.6) is 0 Å². The van der Waals surface area contributed by atoms with Crippen LogP contribution in [0.1, 0.15) is 66.7 Å². The zero-order valence-corrected chi connectivity index (χ0v) is 22.2. The summed E-state index contributed by atoms with van der Waals surface area (Å²) in [6, 6.07) is 17.7. The highest BCUT2D eigenvalue weighted by Gasteiger charge is 2.33. The molecule has 0 atom stereocenters. The number of para-hydroxylation sites is 1. The van der Waals surface area contributed by atoms with Crippen molar-refractivity contribution in [3.05, 3.63) is 82.0 Å². The predicted octanol–water partition coefficient (Wildman–Crippen LogP) is 6.50. The Bertz CT molecular complexity index is 1520. The number of imide groups is 1. The highest BCUT2D eigenvalue weighted by atomic mass is 16.3. The summed E-state index contributed by atoms with van der Waals surface area (Å²) in [6.07, 6.45) is 5.35. The molecule has 0 saturated carbocycles. The number of benzene rings is 3. The van der Waals surface area contributed by atoms with Crippen molar-refractivity contribution in [1.82, 2.24) is 9.80 Å². The van der Waals surface area contributed by atoms with Gasteiger partial charge in [-0.05, 0) is 74.6 Å². The van der Waals surface area contributed by atoms with Crippen molar-refractivity contribution < 1.29 is 14.0 Å². The Morgan fingerprint density at radius 2 is 1.34 bits per heavy atom. The van der Waals surface area contributed by atoms with Gasteiger partial charge in [-0.2, -0.15) is 0 Å². The van der Waals surface area contributed by atoms with Crippen molar-refractivity contribution in [3.63, 3.8) is 0 Å². The summed E-state index contributed by atoms with van der Waals surface area (Å²) in [4.78, 5) is 43.6. The molecule has 2 amide bonds. The van der Waals surface area contributed by atoms with Gasteiger partial charge in [0.1, 0.15) is 11.3 Å². The number of carbonyl (C=O) groups is 2. The molecular weight excluding hydrogens is 476 g/mol. The number of rotatable bonds is 11. The van der Waals surface area contributed by atoms with Crippen molar-refractivity contribution in [2.45, 2.75) is 46.0 Å². The van der Waals surface area contributed by atoms with Gasteiger partial charge < -0.3 is 9.32 Å². The molecule has 6 heteroatoms. The molecule has 0 fully saturated rings. The summed E-state index contributed by atoms with van der Waals surface area (Å²) in [6.45, 7) is 7.75. The number of amides is 2. The number of hydrogen-bond acceptors (Lipinski definition) is 5. The van der Waals surface area contributed by atoms with E-state index in [0.717, 1.165) is 57.1 Å². The third kappa shape index (κ3) is 4.88. The van der Waals surface area contributed by atoms with Crippen LogP contribution in [0.2, 0.25) is 0 Å². The minimum atomic E-state index is -0.265. The van der Waals surface area contributed by atoms with Gasteiger partial charge in [0.15, 0.2) is 5.43 Å². The Morgan fingerprint density at radius 3 is 2.08 bits per heavy atom. The van der Waals surface area contributed by atoms with Crippen molar-refractivity contribution in [1.29, 1.82) is 0 Å². The van der Waals surface area contributed by atoms with Crippen LogP contribution in [0.25, 0.3) is 33.1 Å². The van der Waals surface area contributed by atoms with Gasteiger partial charge in [-0.15, -0.1) is 0 Å². The maximum absolute atomic E-state index is 13.5. The van der Waals surface area contributed by atoms with Crippen molar-refractivity contribution in [2.75, 3.05) is 26.2 Å². The average molecular weight is 511 g/mol. The quantitative estimate of drug-likeness (QED) is 0.215. The molecule has 0 bridgehead atoms. The summed E-state index contributed by atoms with van der Waals surface area (Å²) in [5, 5.41) is 1.87. The lowest BCUT2D eigenvalue weighted by Crippen LogP contribution is -2.42. The molecule has 38 heavy (non-hydrogen) atoms. The molecule has 0 aliphatic carbocycles. The highest BCUT2D eigenvalue weighted by molar-refractivity contribution is 6.26. The van der Waals surface area contributed by atoms with Gasteiger partial charge in [-0.25, -0.2) is 0 Å². The molecule has 4 aromatic rings. The molecule has 0 unspecified atom stereocenters. The molecular formula is C32H34N2O4. The van der Waals surface area contributed by atoms with Crippen LogP contribution >= 0.6 is 0 Å². The van der Waals surface area contributed by atoms with E-state index in [4.69, 9.17) is 4.42 Å². The van der Waals surface area contributed by atoms with E-state index in [2.05, 4.69) is 18.7 Å². The monoisotopic (exact) mass is 510 g/mol. The summed E-state index contributed by atoms with van der Waals surface area (Å²) in [5.74, 6) is -0.114. The number of carbonyl (C=O) groups excluding carboxylic acids is 2. The maximum atomic E-state index is 13.5. The zero-order valence-electron chi connectivity index (χ0n) is 22.2. The Labute approximate surface area is 222 Å². The van der Waals surface area contributed by atoms with Crippen LogP contribution in [-0.2, 0) is 0 Å². The summed E-state index contributed by atoms with van der Waals surface area (Å²) >= 11 is 0. The van der Waals surface area contributed by atoms with Gasteiger partial charge in [0.05, 0.1) is 5.39 Å². The Hall–Kier alpha value is -3.77. The van der Waals surface area contributed by atoms with E-state index in [9.17, 15) is 14.4 Å². The molecule has 0 N–H and O–H groups in total.